The standard InChI is InChI=1S/C14H18Cl2O2/c1-2-18-10-6-9(7-10)8-13(17)11-4-3-5-12(15)14(11)16/h3-5,9-10,13,17H,2,6-8H2,1H3. The Morgan fingerprint density at radius 3 is 2.78 bits per heavy atom. The molecule has 1 atom stereocenters. The fourth-order valence-corrected chi connectivity index (χ4v) is 2.89. The van der Waals surface area contributed by atoms with Crippen molar-refractivity contribution in [3.05, 3.63) is 33.8 Å². The zero-order valence-electron chi connectivity index (χ0n) is 10.4. The molecule has 2 nitrogen and oxygen atoms in total. The van der Waals surface area contributed by atoms with Crippen LogP contribution in [0.3, 0.4) is 0 Å². The lowest BCUT2D eigenvalue weighted by atomic mass is 9.78. The van der Waals surface area contributed by atoms with Gasteiger partial charge in [0, 0.05) is 12.2 Å². The SMILES string of the molecule is CCOC1CC(CC(O)c2cccc(Cl)c2Cl)C1. The van der Waals surface area contributed by atoms with Crippen LogP contribution in [0.5, 0.6) is 0 Å². The van der Waals surface area contributed by atoms with Crippen LogP contribution in [-0.2, 0) is 4.74 Å². The molecule has 0 saturated heterocycles. The summed E-state index contributed by atoms with van der Waals surface area (Å²) in [6, 6.07) is 5.38. The van der Waals surface area contributed by atoms with Crippen molar-refractivity contribution in [2.24, 2.45) is 5.92 Å². The third-order valence-electron chi connectivity index (χ3n) is 3.49. The molecule has 2 rings (SSSR count). The highest BCUT2D eigenvalue weighted by Crippen LogP contribution is 2.39. The van der Waals surface area contributed by atoms with Crippen molar-refractivity contribution < 1.29 is 9.84 Å². The molecule has 0 heterocycles. The highest BCUT2D eigenvalue weighted by molar-refractivity contribution is 6.42. The molecule has 1 aliphatic rings. The van der Waals surface area contributed by atoms with E-state index in [2.05, 4.69) is 0 Å². The average Bonchev–Trinajstić information content (AvgIpc) is 2.30. The summed E-state index contributed by atoms with van der Waals surface area (Å²) in [5.74, 6) is 0.520. The van der Waals surface area contributed by atoms with Crippen LogP contribution in [0.25, 0.3) is 0 Å². The van der Waals surface area contributed by atoms with Gasteiger partial charge in [-0.1, -0.05) is 35.3 Å². The molecule has 0 radical (unpaired) electrons. The number of ether oxygens (including phenoxy) is 1. The molecule has 1 N–H and O–H groups in total. The van der Waals surface area contributed by atoms with Crippen LogP contribution < -0.4 is 0 Å². The Kier molecular flexibility index (Phi) is 4.91. The van der Waals surface area contributed by atoms with Crippen molar-refractivity contribution in [1.29, 1.82) is 0 Å². The molecule has 1 aliphatic carbocycles. The van der Waals surface area contributed by atoms with E-state index >= 15 is 0 Å². The van der Waals surface area contributed by atoms with E-state index in [1.165, 1.54) is 0 Å². The van der Waals surface area contributed by atoms with E-state index in [1.54, 1.807) is 6.07 Å². The quantitative estimate of drug-likeness (QED) is 0.879. The third kappa shape index (κ3) is 3.18. The maximum Gasteiger partial charge on any atom is 0.0807 e. The van der Waals surface area contributed by atoms with E-state index in [9.17, 15) is 5.11 Å². The summed E-state index contributed by atoms with van der Waals surface area (Å²) in [7, 11) is 0. The second-order valence-electron chi connectivity index (χ2n) is 4.81. The molecule has 18 heavy (non-hydrogen) atoms. The van der Waals surface area contributed by atoms with Gasteiger partial charge in [0.05, 0.1) is 22.3 Å². The average molecular weight is 289 g/mol. The second-order valence-corrected chi connectivity index (χ2v) is 5.59. The Labute approximate surface area is 118 Å². The van der Waals surface area contributed by atoms with Crippen molar-refractivity contribution in [2.45, 2.75) is 38.4 Å². The lowest BCUT2D eigenvalue weighted by Crippen LogP contribution is -2.32. The van der Waals surface area contributed by atoms with Gasteiger partial charge in [-0.3, -0.25) is 0 Å². The first-order chi connectivity index (χ1) is 8.61. The van der Waals surface area contributed by atoms with Crippen LogP contribution in [0.1, 0.15) is 37.9 Å². The lowest BCUT2D eigenvalue weighted by molar-refractivity contribution is -0.0380. The van der Waals surface area contributed by atoms with Crippen LogP contribution in [0.4, 0.5) is 0 Å². The van der Waals surface area contributed by atoms with Crippen molar-refractivity contribution in [3.8, 4) is 0 Å². The van der Waals surface area contributed by atoms with Gasteiger partial charge in [-0.25, -0.2) is 0 Å². The molecule has 100 valence electrons. The van der Waals surface area contributed by atoms with Crippen LogP contribution in [0, 0.1) is 5.92 Å². The Morgan fingerprint density at radius 2 is 2.11 bits per heavy atom. The molecular weight excluding hydrogens is 271 g/mol. The summed E-state index contributed by atoms with van der Waals surface area (Å²) in [6.45, 7) is 2.77. The predicted octanol–water partition coefficient (Wildman–Crippen LogP) is 4.23. The highest BCUT2D eigenvalue weighted by Gasteiger charge is 2.31. The van der Waals surface area contributed by atoms with Gasteiger partial charge in [0.1, 0.15) is 0 Å². The molecule has 1 fully saturated rings. The number of halogens is 2. The third-order valence-corrected chi connectivity index (χ3v) is 4.33. The van der Waals surface area contributed by atoms with Gasteiger partial charge in [0.15, 0.2) is 0 Å². The molecule has 4 heteroatoms. The fourth-order valence-electron chi connectivity index (χ4n) is 2.46. The highest BCUT2D eigenvalue weighted by atomic mass is 35.5. The smallest absolute Gasteiger partial charge is 0.0807 e. The maximum absolute atomic E-state index is 10.2. The van der Waals surface area contributed by atoms with Gasteiger partial charge < -0.3 is 9.84 Å². The first-order valence-electron chi connectivity index (χ1n) is 6.35. The van der Waals surface area contributed by atoms with Crippen LogP contribution >= 0.6 is 23.2 Å². The molecule has 0 aliphatic heterocycles. The second kappa shape index (κ2) is 6.25. The lowest BCUT2D eigenvalue weighted by Gasteiger charge is -2.36. The molecule has 1 unspecified atom stereocenters. The summed E-state index contributed by atoms with van der Waals surface area (Å²) >= 11 is 12.0. The number of rotatable bonds is 5. The zero-order valence-corrected chi connectivity index (χ0v) is 11.9. The minimum Gasteiger partial charge on any atom is -0.388 e. The van der Waals surface area contributed by atoms with E-state index in [-0.39, 0.29) is 0 Å². The molecule has 0 bridgehead atoms. The molecule has 0 spiro atoms. The summed E-state index contributed by atoms with van der Waals surface area (Å²) in [6.07, 6.45) is 2.63. The topological polar surface area (TPSA) is 29.5 Å². The van der Waals surface area contributed by atoms with E-state index < -0.39 is 6.10 Å². The molecular formula is C14H18Cl2O2. The van der Waals surface area contributed by atoms with Gasteiger partial charge in [-0.15, -0.1) is 0 Å². The first kappa shape index (κ1) is 14.1. The summed E-state index contributed by atoms with van der Waals surface area (Å²) in [4.78, 5) is 0. The van der Waals surface area contributed by atoms with Gasteiger partial charge in [0.25, 0.3) is 0 Å². The molecule has 1 saturated carbocycles. The number of aliphatic hydroxyl groups excluding tert-OH is 1. The molecule has 1 aromatic carbocycles. The van der Waals surface area contributed by atoms with Gasteiger partial charge >= 0.3 is 0 Å². The van der Waals surface area contributed by atoms with Gasteiger partial charge in [-0.05, 0) is 38.2 Å². The van der Waals surface area contributed by atoms with Crippen LogP contribution in [-0.4, -0.2) is 17.8 Å². The van der Waals surface area contributed by atoms with Crippen molar-refractivity contribution >= 4 is 23.2 Å². The first-order valence-corrected chi connectivity index (χ1v) is 7.11. The van der Waals surface area contributed by atoms with Gasteiger partial charge in [0.2, 0.25) is 0 Å². The Bertz CT molecular complexity index is 403. The van der Waals surface area contributed by atoms with E-state index in [0.717, 1.165) is 31.4 Å². The Hall–Kier alpha value is -0.280. The fraction of sp³-hybridized carbons (Fsp3) is 0.571. The monoisotopic (exact) mass is 288 g/mol. The molecule has 0 aromatic heterocycles. The number of hydrogen-bond acceptors (Lipinski definition) is 2. The van der Waals surface area contributed by atoms with Gasteiger partial charge in [-0.2, -0.15) is 0 Å². The number of aliphatic hydroxyl groups is 1. The van der Waals surface area contributed by atoms with Crippen LogP contribution in [0.15, 0.2) is 18.2 Å². The minimum atomic E-state index is -0.538. The largest absolute Gasteiger partial charge is 0.388 e. The summed E-state index contributed by atoms with van der Waals surface area (Å²) in [5, 5.41) is 11.2. The van der Waals surface area contributed by atoms with E-state index in [4.69, 9.17) is 27.9 Å². The number of benzene rings is 1. The summed E-state index contributed by atoms with van der Waals surface area (Å²) in [5.41, 5.74) is 0.726. The maximum atomic E-state index is 10.2. The minimum absolute atomic E-state index is 0.377. The van der Waals surface area contributed by atoms with Crippen molar-refractivity contribution in [1.82, 2.24) is 0 Å². The normalized spacial score (nSPS) is 24.7. The van der Waals surface area contributed by atoms with Crippen LogP contribution in [0.2, 0.25) is 10.0 Å². The Morgan fingerprint density at radius 1 is 1.39 bits per heavy atom. The van der Waals surface area contributed by atoms with E-state index in [1.807, 2.05) is 19.1 Å². The summed E-state index contributed by atoms with van der Waals surface area (Å²) < 4.78 is 5.51. The van der Waals surface area contributed by atoms with Crippen molar-refractivity contribution in [3.63, 3.8) is 0 Å². The molecule has 0 amide bonds. The predicted molar refractivity (Wildman–Crippen MR) is 74.2 cm³/mol. The number of hydrogen-bond donors (Lipinski definition) is 1. The van der Waals surface area contributed by atoms with E-state index in [0.29, 0.717) is 22.1 Å². The van der Waals surface area contributed by atoms with Crippen molar-refractivity contribution in [2.75, 3.05) is 6.61 Å². The zero-order chi connectivity index (χ0) is 13.1. The Balaban J connectivity index is 1.89. The molecule has 1 aromatic rings.